The van der Waals surface area contributed by atoms with E-state index in [1.165, 1.54) is 12.1 Å². The minimum absolute atomic E-state index is 0.173. The molecule has 1 aliphatic rings. The highest BCUT2D eigenvalue weighted by Gasteiger charge is 2.27. The smallest absolute Gasteiger partial charge is 0.123 e. The van der Waals surface area contributed by atoms with Crippen LogP contribution in [0.15, 0.2) is 53.3 Å². The van der Waals surface area contributed by atoms with Crippen molar-refractivity contribution in [1.82, 2.24) is 9.97 Å². The predicted octanol–water partition coefficient (Wildman–Crippen LogP) is 4.48. The van der Waals surface area contributed by atoms with E-state index in [9.17, 15) is 9.50 Å². The molecule has 4 rings (SSSR count). The molecule has 1 aromatic carbocycles. The van der Waals surface area contributed by atoms with Gasteiger partial charge in [-0.15, -0.1) is 0 Å². The van der Waals surface area contributed by atoms with Crippen molar-refractivity contribution in [3.05, 3.63) is 64.6 Å². The summed E-state index contributed by atoms with van der Waals surface area (Å²) in [5, 5.41) is 10.6. The summed E-state index contributed by atoms with van der Waals surface area (Å²) in [6.45, 7) is 1.69. The molecule has 6 heteroatoms. The van der Waals surface area contributed by atoms with Crippen LogP contribution in [0.4, 0.5) is 10.1 Å². The lowest BCUT2D eigenvalue weighted by molar-refractivity contribution is 0.0929. The number of aliphatic hydroxyl groups is 1. The second-order valence-corrected chi connectivity index (χ2v) is 7.59. The van der Waals surface area contributed by atoms with Gasteiger partial charge in [0.25, 0.3) is 0 Å². The van der Waals surface area contributed by atoms with Crippen molar-refractivity contribution >= 4 is 32.7 Å². The molecule has 134 valence electrons. The van der Waals surface area contributed by atoms with Gasteiger partial charge in [-0.1, -0.05) is 12.1 Å². The first kappa shape index (κ1) is 17.4. The highest BCUT2D eigenvalue weighted by Crippen LogP contribution is 2.34. The number of hydrogen-bond acceptors (Lipinski definition) is 4. The molecule has 4 nitrogen and oxygen atoms in total. The number of pyridine rings is 2. The van der Waals surface area contributed by atoms with Crippen LogP contribution < -0.4 is 4.90 Å². The van der Waals surface area contributed by atoms with E-state index in [4.69, 9.17) is 0 Å². The Labute approximate surface area is 159 Å². The number of hydrogen-bond donors (Lipinski definition) is 1. The number of aliphatic hydroxyl groups excluding tert-OH is 1. The fourth-order valence-corrected chi connectivity index (χ4v) is 3.95. The van der Waals surface area contributed by atoms with Crippen LogP contribution in [0.5, 0.6) is 0 Å². The van der Waals surface area contributed by atoms with E-state index in [0.717, 1.165) is 52.7 Å². The minimum atomic E-state index is -0.555. The molecule has 1 fully saturated rings. The number of nitrogens with zero attached hydrogens (tertiary/aromatic N) is 3. The van der Waals surface area contributed by atoms with Gasteiger partial charge in [0.1, 0.15) is 11.3 Å². The molecular weight excluding hydrogens is 397 g/mol. The van der Waals surface area contributed by atoms with Gasteiger partial charge in [-0.05, 0) is 64.5 Å². The monoisotopic (exact) mass is 415 g/mol. The van der Waals surface area contributed by atoms with Gasteiger partial charge in [-0.2, -0.15) is 0 Å². The molecular formula is C20H19BrFN3O. The molecule has 3 aromatic rings. The molecule has 1 saturated heterocycles. The number of piperidine rings is 1. The molecule has 1 atom stereocenters. The second kappa shape index (κ2) is 7.29. The second-order valence-electron chi connectivity index (χ2n) is 6.67. The maximum Gasteiger partial charge on any atom is 0.123 e. The van der Waals surface area contributed by atoms with Crippen LogP contribution in [-0.4, -0.2) is 28.2 Å². The van der Waals surface area contributed by atoms with Gasteiger partial charge in [-0.3, -0.25) is 9.97 Å². The number of aromatic nitrogens is 2. The van der Waals surface area contributed by atoms with Gasteiger partial charge < -0.3 is 10.0 Å². The summed E-state index contributed by atoms with van der Waals surface area (Å²) in [6, 6.07) is 10.1. The van der Waals surface area contributed by atoms with E-state index in [2.05, 4.69) is 30.8 Å². The van der Waals surface area contributed by atoms with Crippen molar-refractivity contribution in [3.8, 4) is 0 Å². The highest BCUT2D eigenvalue weighted by atomic mass is 79.9. The Bertz CT molecular complexity index is 911. The van der Waals surface area contributed by atoms with Crippen LogP contribution in [0.1, 0.15) is 24.5 Å². The predicted molar refractivity (Wildman–Crippen MR) is 104 cm³/mol. The first-order valence-electron chi connectivity index (χ1n) is 8.70. The quantitative estimate of drug-likeness (QED) is 0.684. The molecule has 0 aliphatic carbocycles. The fourth-order valence-electron chi connectivity index (χ4n) is 3.63. The Morgan fingerprint density at radius 3 is 2.58 bits per heavy atom. The van der Waals surface area contributed by atoms with Crippen LogP contribution in [0.2, 0.25) is 0 Å². The molecule has 2 aromatic heterocycles. The summed E-state index contributed by atoms with van der Waals surface area (Å²) in [4.78, 5) is 11.2. The SMILES string of the molecule is OC(c1ccc(F)cc1)C1CCN(c2ccnc3cc(Br)cnc23)CC1. The van der Waals surface area contributed by atoms with Crippen molar-refractivity contribution in [2.45, 2.75) is 18.9 Å². The lowest BCUT2D eigenvalue weighted by Crippen LogP contribution is -2.35. The Morgan fingerprint density at radius 1 is 1.12 bits per heavy atom. The van der Waals surface area contributed by atoms with Gasteiger partial charge in [0.2, 0.25) is 0 Å². The van der Waals surface area contributed by atoms with Crippen molar-refractivity contribution in [1.29, 1.82) is 0 Å². The van der Waals surface area contributed by atoms with Gasteiger partial charge in [0, 0.05) is 30.0 Å². The normalized spacial score (nSPS) is 16.8. The third-order valence-corrected chi connectivity index (χ3v) is 5.49. The van der Waals surface area contributed by atoms with E-state index in [1.807, 2.05) is 18.3 Å². The number of anilines is 1. The zero-order valence-corrected chi connectivity index (χ0v) is 15.7. The van der Waals surface area contributed by atoms with Crippen LogP contribution in [-0.2, 0) is 0 Å². The summed E-state index contributed by atoms with van der Waals surface area (Å²) in [5.41, 5.74) is 3.63. The molecule has 0 amide bonds. The van der Waals surface area contributed by atoms with Gasteiger partial charge in [0.05, 0.1) is 17.3 Å². The number of fused-ring (bicyclic) bond motifs is 1. The molecule has 1 unspecified atom stereocenters. The van der Waals surface area contributed by atoms with E-state index in [1.54, 1.807) is 18.3 Å². The zero-order valence-electron chi connectivity index (χ0n) is 14.1. The third kappa shape index (κ3) is 3.44. The van der Waals surface area contributed by atoms with Crippen molar-refractivity contribution in [3.63, 3.8) is 0 Å². The Hall–Kier alpha value is -2.05. The number of halogens is 2. The lowest BCUT2D eigenvalue weighted by atomic mass is 9.87. The van der Waals surface area contributed by atoms with Crippen LogP contribution >= 0.6 is 15.9 Å². The summed E-state index contributed by atoms with van der Waals surface area (Å²) < 4.78 is 14.0. The molecule has 1 aliphatic heterocycles. The van der Waals surface area contributed by atoms with E-state index < -0.39 is 6.10 Å². The molecule has 0 saturated carbocycles. The molecule has 26 heavy (non-hydrogen) atoms. The van der Waals surface area contributed by atoms with E-state index in [0.29, 0.717) is 0 Å². The summed E-state index contributed by atoms with van der Waals surface area (Å²) in [7, 11) is 0. The Kier molecular flexibility index (Phi) is 4.87. The maximum atomic E-state index is 13.1. The number of benzene rings is 1. The summed E-state index contributed by atoms with van der Waals surface area (Å²) in [6.07, 6.45) is 4.79. The van der Waals surface area contributed by atoms with Gasteiger partial charge in [0.15, 0.2) is 0 Å². The van der Waals surface area contributed by atoms with Gasteiger partial charge in [-0.25, -0.2) is 4.39 Å². The zero-order chi connectivity index (χ0) is 18.1. The largest absolute Gasteiger partial charge is 0.388 e. The Balaban J connectivity index is 1.49. The highest BCUT2D eigenvalue weighted by molar-refractivity contribution is 9.10. The molecule has 0 bridgehead atoms. The first-order valence-corrected chi connectivity index (χ1v) is 9.50. The third-order valence-electron chi connectivity index (χ3n) is 5.06. The molecule has 1 N–H and O–H groups in total. The molecule has 0 radical (unpaired) electrons. The fraction of sp³-hybridized carbons (Fsp3) is 0.300. The van der Waals surface area contributed by atoms with E-state index >= 15 is 0 Å². The van der Waals surface area contributed by atoms with Gasteiger partial charge >= 0.3 is 0 Å². The number of rotatable bonds is 3. The molecule has 0 spiro atoms. The van der Waals surface area contributed by atoms with Crippen LogP contribution in [0, 0.1) is 11.7 Å². The Morgan fingerprint density at radius 2 is 1.85 bits per heavy atom. The topological polar surface area (TPSA) is 49.2 Å². The van der Waals surface area contributed by atoms with Crippen molar-refractivity contribution in [2.75, 3.05) is 18.0 Å². The lowest BCUT2D eigenvalue weighted by Gasteiger charge is -2.36. The van der Waals surface area contributed by atoms with Crippen LogP contribution in [0.3, 0.4) is 0 Å². The standard InChI is InChI=1S/C20H19BrFN3O/c21-15-11-17-19(24-12-15)18(5-8-23-17)25-9-6-14(7-10-25)20(26)13-1-3-16(22)4-2-13/h1-5,8,11-12,14,20,26H,6-7,9-10H2. The molecule has 3 heterocycles. The van der Waals surface area contributed by atoms with E-state index in [-0.39, 0.29) is 11.7 Å². The average molecular weight is 416 g/mol. The maximum absolute atomic E-state index is 13.1. The van der Waals surface area contributed by atoms with Crippen molar-refractivity contribution < 1.29 is 9.50 Å². The minimum Gasteiger partial charge on any atom is -0.388 e. The summed E-state index contributed by atoms with van der Waals surface area (Å²) >= 11 is 3.44. The first-order chi connectivity index (χ1) is 12.6. The van der Waals surface area contributed by atoms with Crippen molar-refractivity contribution in [2.24, 2.45) is 5.92 Å². The average Bonchev–Trinajstić information content (AvgIpc) is 2.67. The summed E-state index contributed by atoms with van der Waals surface area (Å²) in [5.74, 6) is -0.105. The van der Waals surface area contributed by atoms with Crippen LogP contribution in [0.25, 0.3) is 11.0 Å².